The van der Waals surface area contributed by atoms with Crippen LogP contribution >= 0.6 is 0 Å². The second-order valence-corrected chi connectivity index (χ2v) is 1.89. The fourth-order valence-corrected chi connectivity index (χ4v) is 0.683. The number of allylic oxidation sites excluding steroid dienone is 4. The summed E-state index contributed by atoms with van der Waals surface area (Å²) < 4.78 is 0. The molecule has 0 saturated heterocycles. The summed E-state index contributed by atoms with van der Waals surface area (Å²) in [7, 11) is 0. The van der Waals surface area contributed by atoms with Crippen LogP contribution in [0.2, 0.25) is 0 Å². The van der Waals surface area contributed by atoms with E-state index in [9.17, 15) is 0 Å². The first kappa shape index (κ1) is 6.81. The summed E-state index contributed by atoms with van der Waals surface area (Å²) in [5, 5.41) is 3.00. The van der Waals surface area contributed by atoms with E-state index in [0.29, 0.717) is 0 Å². The molecule has 2 nitrogen and oxygen atoms in total. The van der Waals surface area contributed by atoms with Crippen LogP contribution < -0.4 is 5.32 Å². The van der Waals surface area contributed by atoms with Crippen LogP contribution in [0.4, 0.5) is 0 Å². The maximum Gasteiger partial charge on any atom is 0.0922 e. The topological polar surface area (TPSA) is 24.4 Å². The molecule has 0 atom stereocenters. The molecule has 2 heteroatoms. The molecule has 0 aromatic carbocycles. The highest BCUT2D eigenvalue weighted by atomic mass is 14.9. The molecular weight excluding hydrogens is 124 g/mol. The maximum atomic E-state index is 3.90. The van der Waals surface area contributed by atoms with Gasteiger partial charge in [-0.2, -0.15) is 0 Å². The van der Waals surface area contributed by atoms with E-state index in [0.717, 1.165) is 5.70 Å². The molecule has 1 N–H and O–H groups in total. The summed E-state index contributed by atoms with van der Waals surface area (Å²) in [6, 6.07) is 0. The molecule has 0 saturated carbocycles. The van der Waals surface area contributed by atoms with Crippen molar-refractivity contribution in [3.05, 3.63) is 36.2 Å². The SMILES string of the molecule is C/C=C/C1=CC=CN=CN1. The molecule has 0 amide bonds. The highest BCUT2D eigenvalue weighted by Gasteiger charge is 1.85. The minimum Gasteiger partial charge on any atom is -0.346 e. The van der Waals surface area contributed by atoms with E-state index in [1.54, 1.807) is 12.5 Å². The van der Waals surface area contributed by atoms with Crippen LogP contribution in [0, 0.1) is 0 Å². The highest BCUT2D eigenvalue weighted by Crippen LogP contribution is 1.94. The van der Waals surface area contributed by atoms with Crippen molar-refractivity contribution in [3.63, 3.8) is 0 Å². The lowest BCUT2D eigenvalue weighted by Gasteiger charge is -1.95. The Morgan fingerprint density at radius 2 is 2.50 bits per heavy atom. The van der Waals surface area contributed by atoms with Crippen LogP contribution in [0.5, 0.6) is 0 Å². The molecule has 0 aromatic heterocycles. The number of nitrogens with one attached hydrogen (secondary N) is 1. The van der Waals surface area contributed by atoms with Crippen molar-refractivity contribution in [2.75, 3.05) is 0 Å². The minimum absolute atomic E-state index is 1.06. The van der Waals surface area contributed by atoms with Crippen molar-refractivity contribution < 1.29 is 0 Å². The molecule has 1 aliphatic rings. The molecule has 0 aliphatic carbocycles. The number of hydrogen-bond acceptors (Lipinski definition) is 2. The summed E-state index contributed by atoms with van der Waals surface area (Å²) in [5.74, 6) is 0. The van der Waals surface area contributed by atoms with Crippen LogP contribution in [0.3, 0.4) is 0 Å². The standard InChI is InChI=1S/C8H10N2/c1-2-4-8-5-3-6-9-7-10-8/h2-7H,1H3,(H,9,10)/b4-2+. The lowest BCUT2D eigenvalue weighted by Crippen LogP contribution is -2.06. The van der Waals surface area contributed by atoms with E-state index in [1.165, 1.54) is 0 Å². The first-order valence-electron chi connectivity index (χ1n) is 3.21. The molecule has 0 aromatic rings. The third-order valence-electron chi connectivity index (χ3n) is 1.10. The molecule has 1 rings (SSSR count). The largest absolute Gasteiger partial charge is 0.346 e. The van der Waals surface area contributed by atoms with Crippen LogP contribution in [-0.4, -0.2) is 6.34 Å². The van der Waals surface area contributed by atoms with Gasteiger partial charge < -0.3 is 5.32 Å². The van der Waals surface area contributed by atoms with Gasteiger partial charge in [-0.1, -0.05) is 6.08 Å². The molecule has 0 fully saturated rings. The van der Waals surface area contributed by atoms with Gasteiger partial charge >= 0.3 is 0 Å². The first-order chi connectivity index (χ1) is 4.93. The van der Waals surface area contributed by atoms with E-state index >= 15 is 0 Å². The maximum absolute atomic E-state index is 3.90. The van der Waals surface area contributed by atoms with Gasteiger partial charge in [0.05, 0.1) is 6.34 Å². The van der Waals surface area contributed by atoms with Crippen LogP contribution in [0.1, 0.15) is 6.92 Å². The molecule has 10 heavy (non-hydrogen) atoms. The van der Waals surface area contributed by atoms with Gasteiger partial charge in [0.1, 0.15) is 0 Å². The van der Waals surface area contributed by atoms with Gasteiger partial charge in [-0.25, -0.2) is 4.99 Å². The summed E-state index contributed by atoms with van der Waals surface area (Å²) in [6.45, 7) is 1.98. The molecule has 0 spiro atoms. The molecule has 1 heterocycles. The predicted octanol–water partition coefficient (Wildman–Crippen LogP) is 1.59. The fourth-order valence-electron chi connectivity index (χ4n) is 0.683. The number of hydrogen-bond donors (Lipinski definition) is 1. The summed E-state index contributed by atoms with van der Waals surface area (Å²) in [5.41, 5.74) is 1.06. The van der Waals surface area contributed by atoms with Crippen molar-refractivity contribution in [1.82, 2.24) is 5.32 Å². The number of aliphatic imine (C=N–C) groups is 1. The Morgan fingerprint density at radius 3 is 3.30 bits per heavy atom. The van der Waals surface area contributed by atoms with Crippen molar-refractivity contribution in [2.45, 2.75) is 6.92 Å². The van der Waals surface area contributed by atoms with Crippen LogP contribution in [0.25, 0.3) is 0 Å². The molecule has 1 aliphatic heterocycles. The second kappa shape index (κ2) is 3.67. The smallest absolute Gasteiger partial charge is 0.0922 e. The summed E-state index contributed by atoms with van der Waals surface area (Å²) in [4.78, 5) is 3.90. The minimum atomic E-state index is 1.06. The third-order valence-corrected chi connectivity index (χ3v) is 1.10. The molecule has 52 valence electrons. The van der Waals surface area contributed by atoms with E-state index in [-0.39, 0.29) is 0 Å². The lowest BCUT2D eigenvalue weighted by atomic mass is 10.3. The van der Waals surface area contributed by atoms with E-state index in [1.807, 2.05) is 31.2 Å². The fraction of sp³-hybridized carbons (Fsp3) is 0.125. The van der Waals surface area contributed by atoms with E-state index in [4.69, 9.17) is 0 Å². The van der Waals surface area contributed by atoms with E-state index < -0.39 is 0 Å². The zero-order valence-electron chi connectivity index (χ0n) is 5.91. The number of nitrogens with zero attached hydrogens (tertiary/aromatic N) is 1. The molecule has 0 radical (unpaired) electrons. The zero-order valence-corrected chi connectivity index (χ0v) is 5.91. The quantitative estimate of drug-likeness (QED) is 0.578. The van der Waals surface area contributed by atoms with Crippen LogP contribution in [0.15, 0.2) is 41.2 Å². The van der Waals surface area contributed by atoms with Gasteiger partial charge in [0.2, 0.25) is 0 Å². The average Bonchev–Trinajstić information content (AvgIpc) is 2.17. The van der Waals surface area contributed by atoms with E-state index in [2.05, 4.69) is 10.3 Å². The first-order valence-corrected chi connectivity index (χ1v) is 3.21. The Balaban J connectivity index is 2.68. The van der Waals surface area contributed by atoms with Crippen molar-refractivity contribution in [3.8, 4) is 0 Å². The Morgan fingerprint density at radius 1 is 1.60 bits per heavy atom. The monoisotopic (exact) mass is 134 g/mol. The highest BCUT2D eigenvalue weighted by molar-refractivity contribution is 5.60. The van der Waals surface area contributed by atoms with Gasteiger partial charge in [0.15, 0.2) is 0 Å². The average molecular weight is 134 g/mol. The van der Waals surface area contributed by atoms with Gasteiger partial charge in [-0.15, -0.1) is 0 Å². The van der Waals surface area contributed by atoms with Gasteiger partial charge in [-0.05, 0) is 25.2 Å². The van der Waals surface area contributed by atoms with Crippen molar-refractivity contribution in [1.29, 1.82) is 0 Å². The van der Waals surface area contributed by atoms with Gasteiger partial charge in [-0.3, -0.25) is 0 Å². The Kier molecular flexibility index (Phi) is 2.49. The molecule has 0 unspecified atom stereocenters. The van der Waals surface area contributed by atoms with Gasteiger partial charge in [0.25, 0.3) is 0 Å². The normalized spacial score (nSPS) is 16.7. The van der Waals surface area contributed by atoms with Crippen LogP contribution in [-0.2, 0) is 0 Å². The Bertz CT molecular complexity index is 209. The Labute approximate surface area is 60.7 Å². The summed E-state index contributed by atoms with van der Waals surface area (Å²) in [6.07, 6.45) is 11.2. The van der Waals surface area contributed by atoms with Gasteiger partial charge in [0, 0.05) is 11.9 Å². The summed E-state index contributed by atoms with van der Waals surface area (Å²) >= 11 is 0. The van der Waals surface area contributed by atoms with Crippen molar-refractivity contribution in [2.24, 2.45) is 4.99 Å². The number of rotatable bonds is 1. The lowest BCUT2D eigenvalue weighted by molar-refractivity contribution is 1.21. The molecule has 0 bridgehead atoms. The third kappa shape index (κ3) is 1.90. The second-order valence-electron chi connectivity index (χ2n) is 1.89. The predicted molar refractivity (Wildman–Crippen MR) is 43.7 cm³/mol. The van der Waals surface area contributed by atoms with Crippen molar-refractivity contribution >= 4 is 6.34 Å². The molecular formula is C8H10N2. The Hall–Kier alpha value is -1.31. The zero-order chi connectivity index (χ0) is 7.23.